The van der Waals surface area contributed by atoms with E-state index in [0.717, 1.165) is 11.3 Å². The molecule has 0 aliphatic carbocycles. The smallest absolute Gasteiger partial charge is 0.236 e. The van der Waals surface area contributed by atoms with Crippen LogP contribution in [0.3, 0.4) is 0 Å². The Bertz CT molecular complexity index is 645. The molecule has 21 heavy (non-hydrogen) atoms. The van der Waals surface area contributed by atoms with Crippen molar-refractivity contribution in [1.82, 2.24) is 9.97 Å². The number of aromatic nitrogens is 2. The lowest BCUT2D eigenvalue weighted by molar-refractivity contribution is 0.0738. The van der Waals surface area contributed by atoms with Gasteiger partial charge in [-0.25, -0.2) is 4.99 Å². The van der Waals surface area contributed by atoms with Crippen LogP contribution in [0.5, 0.6) is 0 Å². The Kier molecular flexibility index (Phi) is 3.43. The first-order chi connectivity index (χ1) is 10.0. The summed E-state index contributed by atoms with van der Waals surface area (Å²) in [6, 6.07) is 9.31. The third kappa shape index (κ3) is 2.92. The monoisotopic (exact) mass is 283 g/mol. The third-order valence-corrected chi connectivity index (χ3v) is 3.33. The first kappa shape index (κ1) is 13.7. The van der Waals surface area contributed by atoms with Gasteiger partial charge in [0.2, 0.25) is 5.90 Å². The molecule has 108 valence electrons. The van der Waals surface area contributed by atoms with Gasteiger partial charge in [-0.3, -0.25) is 9.97 Å². The van der Waals surface area contributed by atoms with Gasteiger partial charge < -0.3 is 9.84 Å². The number of rotatable bonds is 3. The quantitative estimate of drug-likeness (QED) is 0.938. The molecule has 2 aromatic rings. The zero-order valence-electron chi connectivity index (χ0n) is 12.0. The van der Waals surface area contributed by atoms with E-state index in [2.05, 4.69) is 15.0 Å². The lowest BCUT2D eigenvalue weighted by Gasteiger charge is -2.16. The zero-order chi connectivity index (χ0) is 14.9. The van der Waals surface area contributed by atoms with Crippen molar-refractivity contribution < 1.29 is 9.84 Å². The van der Waals surface area contributed by atoms with Crippen LogP contribution in [-0.4, -0.2) is 27.6 Å². The fourth-order valence-corrected chi connectivity index (χ4v) is 2.14. The maximum Gasteiger partial charge on any atom is 0.236 e. The number of hydrogen-bond acceptors (Lipinski definition) is 5. The number of ether oxygens (including phenoxy) is 1. The highest BCUT2D eigenvalue weighted by Gasteiger charge is 2.24. The Morgan fingerprint density at radius 3 is 2.67 bits per heavy atom. The Morgan fingerprint density at radius 1 is 1.19 bits per heavy atom. The Hall–Kier alpha value is -2.27. The number of aliphatic hydroxyl groups is 1. The van der Waals surface area contributed by atoms with Crippen LogP contribution in [0.1, 0.15) is 36.8 Å². The van der Waals surface area contributed by atoms with Crippen molar-refractivity contribution in [3.8, 4) is 0 Å². The topological polar surface area (TPSA) is 67.6 Å². The molecule has 3 rings (SSSR count). The van der Waals surface area contributed by atoms with E-state index in [1.54, 1.807) is 26.2 Å². The molecule has 0 fully saturated rings. The van der Waals surface area contributed by atoms with E-state index in [-0.39, 0.29) is 6.04 Å². The van der Waals surface area contributed by atoms with Gasteiger partial charge in [0.05, 0.1) is 5.69 Å². The van der Waals surface area contributed by atoms with Crippen molar-refractivity contribution in [2.75, 3.05) is 6.61 Å². The maximum absolute atomic E-state index is 9.91. The van der Waals surface area contributed by atoms with Crippen molar-refractivity contribution in [1.29, 1.82) is 0 Å². The molecule has 0 saturated carbocycles. The summed E-state index contributed by atoms with van der Waals surface area (Å²) in [6.07, 6.45) is 3.46. The van der Waals surface area contributed by atoms with E-state index in [0.29, 0.717) is 18.2 Å². The second kappa shape index (κ2) is 5.26. The van der Waals surface area contributed by atoms with Gasteiger partial charge in [0.25, 0.3) is 0 Å². The zero-order valence-corrected chi connectivity index (χ0v) is 12.0. The number of aliphatic imine (C=N–C) groups is 1. The number of nitrogens with zero attached hydrogens (tertiary/aromatic N) is 3. The first-order valence-electron chi connectivity index (χ1n) is 6.85. The highest BCUT2D eigenvalue weighted by atomic mass is 16.5. The average molecular weight is 283 g/mol. The van der Waals surface area contributed by atoms with Crippen LogP contribution in [0, 0.1) is 0 Å². The van der Waals surface area contributed by atoms with Crippen molar-refractivity contribution >= 4 is 5.90 Å². The molecular weight excluding hydrogens is 266 g/mol. The molecule has 0 amide bonds. The molecule has 5 heteroatoms. The summed E-state index contributed by atoms with van der Waals surface area (Å²) < 4.78 is 5.61. The summed E-state index contributed by atoms with van der Waals surface area (Å²) >= 11 is 0. The highest BCUT2D eigenvalue weighted by Crippen LogP contribution is 2.25. The second-order valence-electron chi connectivity index (χ2n) is 5.51. The molecule has 1 N–H and O–H groups in total. The minimum atomic E-state index is -0.937. The first-order valence-corrected chi connectivity index (χ1v) is 6.85. The van der Waals surface area contributed by atoms with Gasteiger partial charge in [0, 0.05) is 12.4 Å². The summed E-state index contributed by atoms with van der Waals surface area (Å²) in [5.74, 6) is 0.562. The molecule has 1 unspecified atom stereocenters. The minimum Gasteiger partial charge on any atom is -0.474 e. The lowest BCUT2D eigenvalue weighted by atomic mass is 10.0. The van der Waals surface area contributed by atoms with E-state index in [1.165, 1.54) is 0 Å². The number of pyridine rings is 2. The summed E-state index contributed by atoms with van der Waals surface area (Å²) in [5, 5.41) is 9.91. The molecule has 0 radical (unpaired) electrons. The van der Waals surface area contributed by atoms with Gasteiger partial charge in [-0.2, -0.15) is 0 Å². The largest absolute Gasteiger partial charge is 0.474 e. The fourth-order valence-electron chi connectivity index (χ4n) is 2.14. The van der Waals surface area contributed by atoms with E-state index in [4.69, 9.17) is 4.74 Å². The van der Waals surface area contributed by atoms with E-state index in [9.17, 15) is 5.11 Å². The molecule has 1 atom stereocenters. The molecule has 3 heterocycles. The maximum atomic E-state index is 9.91. The summed E-state index contributed by atoms with van der Waals surface area (Å²) in [5.41, 5.74) is 1.40. The van der Waals surface area contributed by atoms with Crippen molar-refractivity contribution in [3.63, 3.8) is 0 Å². The SMILES string of the molecule is CC(C)(O)c1ccc(C2COC(c3ccccn3)=N2)cn1. The summed E-state index contributed by atoms with van der Waals surface area (Å²) in [6.45, 7) is 3.91. The molecule has 0 bridgehead atoms. The van der Waals surface area contributed by atoms with E-state index >= 15 is 0 Å². The second-order valence-corrected chi connectivity index (χ2v) is 5.51. The standard InChI is InChI=1S/C16H17N3O2/c1-16(2,20)14-7-6-11(9-18-14)13-10-21-15(19-13)12-5-3-4-8-17-12/h3-9,13,20H,10H2,1-2H3. The predicted octanol–water partition coefficient (Wildman–Crippen LogP) is 2.22. The Balaban J connectivity index is 1.81. The molecule has 0 saturated heterocycles. The number of hydrogen-bond donors (Lipinski definition) is 1. The summed E-state index contributed by atoms with van der Waals surface area (Å²) in [7, 11) is 0. The molecule has 1 aliphatic heterocycles. The molecule has 1 aliphatic rings. The molecule has 5 nitrogen and oxygen atoms in total. The molecule has 0 spiro atoms. The van der Waals surface area contributed by atoms with Crippen LogP contribution >= 0.6 is 0 Å². The minimum absolute atomic E-state index is 0.0784. The van der Waals surface area contributed by atoms with Gasteiger partial charge >= 0.3 is 0 Å². The van der Waals surface area contributed by atoms with Crippen LogP contribution in [0.4, 0.5) is 0 Å². The summed E-state index contributed by atoms with van der Waals surface area (Å²) in [4.78, 5) is 13.1. The van der Waals surface area contributed by atoms with Crippen LogP contribution in [-0.2, 0) is 10.3 Å². The van der Waals surface area contributed by atoms with E-state index in [1.807, 2.05) is 30.3 Å². The van der Waals surface area contributed by atoms with Gasteiger partial charge in [-0.15, -0.1) is 0 Å². The van der Waals surface area contributed by atoms with Crippen LogP contribution in [0.2, 0.25) is 0 Å². The van der Waals surface area contributed by atoms with E-state index < -0.39 is 5.60 Å². The predicted molar refractivity (Wildman–Crippen MR) is 78.9 cm³/mol. The van der Waals surface area contributed by atoms with Gasteiger partial charge in [0.15, 0.2) is 0 Å². The molecular formula is C16H17N3O2. The average Bonchev–Trinajstić information content (AvgIpc) is 2.97. The molecule has 2 aromatic heterocycles. The normalized spacial score (nSPS) is 18.2. The van der Waals surface area contributed by atoms with Crippen molar-refractivity contribution in [2.24, 2.45) is 4.99 Å². The molecule has 0 aromatic carbocycles. The lowest BCUT2D eigenvalue weighted by Crippen LogP contribution is -2.17. The third-order valence-electron chi connectivity index (χ3n) is 3.33. The van der Waals surface area contributed by atoms with Gasteiger partial charge in [-0.05, 0) is 37.6 Å². The van der Waals surface area contributed by atoms with Gasteiger partial charge in [-0.1, -0.05) is 12.1 Å². The fraction of sp³-hybridized carbons (Fsp3) is 0.312. The van der Waals surface area contributed by atoms with Crippen LogP contribution in [0.15, 0.2) is 47.7 Å². The highest BCUT2D eigenvalue weighted by molar-refractivity contribution is 5.93. The Labute approximate surface area is 123 Å². The van der Waals surface area contributed by atoms with Gasteiger partial charge in [0.1, 0.15) is 23.9 Å². The van der Waals surface area contributed by atoms with Crippen LogP contribution in [0.25, 0.3) is 0 Å². The Morgan fingerprint density at radius 2 is 2.05 bits per heavy atom. The van der Waals surface area contributed by atoms with Crippen molar-refractivity contribution in [2.45, 2.75) is 25.5 Å². The van der Waals surface area contributed by atoms with Crippen molar-refractivity contribution in [3.05, 3.63) is 59.7 Å². The van der Waals surface area contributed by atoms with Crippen LogP contribution < -0.4 is 0 Å².